The Balaban J connectivity index is 1.90. The third-order valence-corrected chi connectivity index (χ3v) is 4.35. The van der Waals surface area contributed by atoms with E-state index in [1.807, 2.05) is 24.3 Å². The van der Waals surface area contributed by atoms with Gasteiger partial charge in [0.15, 0.2) is 0 Å². The number of amides is 1. The summed E-state index contributed by atoms with van der Waals surface area (Å²) in [4.78, 5) is 11.6. The minimum atomic E-state index is -0.294. The Hall–Kier alpha value is -1.84. The molecule has 2 aromatic carbocycles. The molecular formula is C17H16ClNO2. The molecule has 21 heavy (non-hydrogen) atoms. The monoisotopic (exact) mass is 301 g/mol. The number of benzene rings is 2. The molecule has 4 heteroatoms. The zero-order valence-corrected chi connectivity index (χ0v) is 12.2. The highest BCUT2D eigenvalue weighted by Crippen LogP contribution is 2.30. The highest BCUT2D eigenvalue weighted by molar-refractivity contribution is 6.30. The maximum Gasteiger partial charge on any atom is 0.246 e. The molecule has 0 radical (unpaired) electrons. The van der Waals surface area contributed by atoms with Crippen LogP contribution in [-0.4, -0.2) is 11.1 Å². The molecule has 2 N–H and O–H groups in total. The first-order chi connectivity index (χ1) is 10.2. The van der Waals surface area contributed by atoms with Gasteiger partial charge in [0.25, 0.3) is 0 Å². The number of carbonyl (C=O) groups excluding carboxylic acids is 1. The summed E-state index contributed by atoms with van der Waals surface area (Å²) >= 11 is 5.92. The Morgan fingerprint density at radius 3 is 2.52 bits per heavy atom. The van der Waals surface area contributed by atoms with Crippen molar-refractivity contribution in [3.05, 3.63) is 58.6 Å². The molecule has 0 saturated carbocycles. The first-order valence-electron chi connectivity index (χ1n) is 6.99. The van der Waals surface area contributed by atoms with Crippen molar-refractivity contribution in [1.29, 1.82) is 0 Å². The second-order valence-electron chi connectivity index (χ2n) is 5.41. The molecule has 0 aliphatic heterocycles. The van der Waals surface area contributed by atoms with Crippen LogP contribution in [0.5, 0.6) is 0 Å². The highest BCUT2D eigenvalue weighted by atomic mass is 35.5. The van der Waals surface area contributed by atoms with Crippen LogP contribution in [0.4, 0.5) is 0 Å². The fourth-order valence-electron chi connectivity index (χ4n) is 2.89. The Morgan fingerprint density at radius 1 is 1.10 bits per heavy atom. The van der Waals surface area contributed by atoms with Crippen molar-refractivity contribution < 1.29 is 10.0 Å². The van der Waals surface area contributed by atoms with Crippen LogP contribution in [0.3, 0.4) is 0 Å². The third kappa shape index (κ3) is 2.94. The highest BCUT2D eigenvalue weighted by Gasteiger charge is 2.24. The summed E-state index contributed by atoms with van der Waals surface area (Å²) in [6.07, 6.45) is 2.32. The van der Waals surface area contributed by atoms with Crippen LogP contribution in [0.25, 0.3) is 11.1 Å². The molecule has 0 fully saturated rings. The number of rotatable bonds is 2. The summed E-state index contributed by atoms with van der Waals surface area (Å²) in [5, 5.41) is 9.50. The van der Waals surface area contributed by atoms with Gasteiger partial charge >= 0.3 is 0 Å². The first-order valence-corrected chi connectivity index (χ1v) is 7.37. The molecule has 3 rings (SSSR count). The minimum Gasteiger partial charge on any atom is -0.289 e. The van der Waals surface area contributed by atoms with Crippen LogP contribution >= 0.6 is 11.6 Å². The van der Waals surface area contributed by atoms with E-state index in [2.05, 4.69) is 18.2 Å². The normalized spacial score (nSPS) is 17.1. The van der Waals surface area contributed by atoms with Crippen LogP contribution in [0.2, 0.25) is 5.02 Å². The van der Waals surface area contributed by atoms with Gasteiger partial charge in [-0.05, 0) is 53.6 Å². The Kier molecular flexibility index (Phi) is 3.95. The molecule has 1 unspecified atom stereocenters. The number of carbonyl (C=O) groups is 1. The number of hydrogen-bond donors (Lipinski definition) is 2. The van der Waals surface area contributed by atoms with E-state index in [9.17, 15) is 4.79 Å². The van der Waals surface area contributed by atoms with E-state index in [1.165, 1.54) is 11.1 Å². The molecule has 3 nitrogen and oxygen atoms in total. The molecule has 2 aromatic rings. The lowest BCUT2D eigenvalue weighted by molar-refractivity contribution is -0.133. The molecule has 0 spiro atoms. The zero-order valence-electron chi connectivity index (χ0n) is 11.5. The van der Waals surface area contributed by atoms with Gasteiger partial charge in [0, 0.05) is 10.9 Å². The van der Waals surface area contributed by atoms with Crippen molar-refractivity contribution in [2.45, 2.75) is 19.3 Å². The van der Waals surface area contributed by atoms with E-state index < -0.39 is 0 Å². The third-order valence-electron chi connectivity index (χ3n) is 4.09. The van der Waals surface area contributed by atoms with E-state index in [0.717, 1.165) is 29.0 Å². The van der Waals surface area contributed by atoms with Gasteiger partial charge in [0.05, 0.1) is 0 Å². The lowest BCUT2D eigenvalue weighted by Crippen LogP contribution is -2.31. The van der Waals surface area contributed by atoms with Crippen molar-refractivity contribution in [1.82, 2.24) is 5.48 Å². The van der Waals surface area contributed by atoms with Gasteiger partial charge in [0.1, 0.15) is 0 Å². The number of fused-ring (bicyclic) bond motifs is 1. The van der Waals surface area contributed by atoms with E-state index in [0.29, 0.717) is 6.42 Å². The van der Waals surface area contributed by atoms with Gasteiger partial charge in [-0.15, -0.1) is 0 Å². The number of hydrogen-bond acceptors (Lipinski definition) is 2. The smallest absolute Gasteiger partial charge is 0.246 e. The lowest BCUT2D eigenvalue weighted by atomic mass is 9.82. The molecule has 0 bridgehead atoms. The summed E-state index contributed by atoms with van der Waals surface area (Å²) in [5.41, 5.74) is 6.46. The van der Waals surface area contributed by atoms with Crippen molar-refractivity contribution >= 4 is 17.5 Å². The molecule has 0 heterocycles. The van der Waals surface area contributed by atoms with Gasteiger partial charge in [0.2, 0.25) is 5.91 Å². The van der Waals surface area contributed by atoms with Crippen LogP contribution in [0, 0.1) is 5.92 Å². The first kappa shape index (κ1) is 14.1. The number of nitrogens with one attached hydrogen (secondary N) is 1. The van der Waals surface area contributed by atoms with Crippen LogP contribution in [-0.2, 0) is 17.6 Å². The quantitative estimate of drug-likeness (QED) is 0.657. The van der Waals surface area contributed by atoms with Crippen molar-refractivity contribution in [3.63, 3.8) is 0 Å². The van der Waals surface area contributed by atoms with Crippen LogP contribution < -0.4 is 5.48 Å². The Bertz CT molecular complexity index is 667. The second-order valence-corrected chi connectivity index (χ2v) is 5.84. The fraction of sp³-hybridized carbons (Fsp3) is 0.235. The topological polar surface area (TPSA) is 49.3 Å². The predicted octanol–water partition coefficient (Wildman–Crippen LogP) is 3.62. The molecular weight excluding hydrogens is 286 g/mol. The van der Waals surface area contributed by atoms with Gasteiger partial charge in [-0.2, -0.15) is 0 Å². The summed E-state index contributed by atoms with van der Waals surface area (Å²) in [6, 6.07) is 14.1. The molecule has 108 valence electrons. The van der Waals surface area contributed by atoms with E-state index in [1.54, 1.807) is 5.48 Å². The molecule has 1 amide bonds. The fourth-order valence-corrected chi connectivity index (χ4v) is 3.02. The van der Waals surface area contributed by atoms with Crippen molar-refractivity contribution in [2.24, 2.45) is 5.92 Å². The zero-order chi connectivity index (χ0) is 14.8. The summed E-state index contributed by atoms with van der Waals surface area (Å²) < 4.78 is 0. The molecule has 1 aliphatic carbocycles. The number of aryl methyl sites for hydroxylation is 1. The van der Waals surface area contributed by atoms with Crippen LogP contribution in [0.15, 0.2) is 42.5 Å². The number of hydroxylamine groups is 1. The summed E-state index contributed by atoms with van der Waals surface area (Å²) in [5.74, 6) is -0.444. The molecule has 1 atom stereocenters. The van der Waals surface area contributed by atoms with Gasteiger partial charge in [-0.3, -0.25) is 10.0 Å². The Morgan fingerprint density at radius 2 is 1.81 bits per heavy atom. The van der Waals surface area contributed by atoms with Crippen LogP contribution in [0.1, 0.15) is 17.5 Å². The second kappa shape index (κ2) is 5.88. The number of halogens is 1. The lowest BCUT2D eigenvalue weighted by Gasteiger charge is -2.23. The SMILES string of the molecule is O=C(NO)C1CCc2ccc(-c3ccc(Cl)cc3)cc2C1. The average molecular weight is 302 g/mol. The van der Waals surface area contributed by atoms with E-state index in [-0.39, 0.29) is 11.8 Å². The standard InChI is InChI=1S/C17H16ClNO2/c18-16-7-5-11(6-8-16)13-3-1-12-2-4-14(17(20)19-21)10-15(12)9-13/h1,3,5-9,14,21H,2,4,10H2,(H,19,20). The molecule has 0 aromatic heterocycles. The average Bonchev–Trinajstić information content (AvgIpc) is 2.53. The molecule has 0 saturated heterocycles. The van der Waals surface area contributed by atoms with E-state index >= 15 is 0 Å². The predicted molar refractivity (Wildman–Crippen MR) is 82.3 cm³/mol. The summed E-state index contributed by atoms with van der Waals surface area (Å²) in [7, 11) is 0. The Labute approximate surface area is 128 Å². The maximum absolute atomic E-state index is 11.6. The maximum atomic E-state index is 11.6. The largest absolute Gasteiger partial charge is 0.289 e. The minimum absolute atomic E-state index is 0.150. The summed E-state index contributed by atoms with van der Waals surface area (Å²) in [6.45, 7) is 0. The van der Waals surface area contributed by atoms with Crippen molar-refractivity contribution in [3.8, 4) is 11.1 Å². The van der Waals surface area contributed by atoms with Gasteiger partial charge in [-0.1, -0.05) is 41.9 Å². The molecule has 1 aliphatic rings. The van der Waals surface area contributed by atoms with E-state index in [4.69, 9.17) is 16.8 Å². The van der Waals surface area contributed by atoms with Gasteiger partial charge < -0.3 is 0 Å². The van der Waals surface area contributed by atoms with Gasteiger partial charge in [-0.25, -0.2) is 5.48 Å². The van der Waals surface area contributed by atoms with Crippen molar-refractivity contribution in [2.75, 3.05) is 0 Å².